The van der Waals surface area contributed by atoms with Gasteiger partial charge in [0, 0.05) is 25.3 Å². The van der Waals surface area contributed by atoms with Crippen molar-refractivity contribution in [3.05, 3.63) is 11.8 Å². The molecular weight excluding hydrogens is 361 g/mol. The minimum atomic E-state index is -4.35. The van der Waals surface area contributed by atoms with Crippen LogP contribution in [0.3, 0.4) is 0 Å². The third-order valence-electron chi connectivity index (χ3n) is 5.74. The highest BCUT2D eigenvalue weighted by atomic mass is 19.4. The number of hydrogen-bond acceptors (Lipinski definition) is 4. The van der Waals surface area contributed by atoms with Crippen molar-refractivity contribution in [3.8, 4) is 0 Å². The summed E-state index contributed by atoms with van der Waals surface area (Å²) in [7, 11) is 0. The first-order valence-electron chi connectivity index (χ1n) is 9.66. The molecule has 3 aliphatic heterocycles. The number of fused-ring (bicyclic) bond motifs is 1. The quantitative estimate of drug-likeness (QED) is 0.865. The van der Waals surface area contributed by atoms with E-state index in [1.807, 2.05) is 0 Å². The van der Waals surface area contributed by atoms with Gasteiger partial charge in [0.2, 0.25) is 5.91 Å². The monoisotopic (exact) mass is 386 g/mol. The number of halogens is 3. The topological polar surface area (TPSA) is 59.4 Å². The number of likely N-dealkylation sites (tertiary alicyclic amines) is 1. The maximum absolute atomic E-state index is 13.4. The molecule has 150 valence electrons. The van der Waals surface area contributed by atoms with Crippen molar-refractivity contribution >= 4 is 11.7 Å². The van der Waals surface area contributed by atoms with Gasteiger partial charge in [0.05, 0.1) is 24.3 Å². The van der Waals surface area contributed by atoms with Crippen LogP contribution in [0.4, 0.5) is 19.0 Å². The second kappa shape index (κ2) is 7.00. The molecule has 1 amide bonds. The summed E-state index contributed by atoms with van der Waals surface area (Å²) in [6.45, 7) is 3.05. The summed E-state index contributed by atoms with van der Waals surface area (Å²) < 4.78 is 46.9. The largest absolute Gasteiger partial charge is 0.410 e. The summed E-state index contributed by atoms with van der Waals surface area (Å²) in [6, 6.07) is -0.496. The number of alkyl halides is 3. The van der Waals surface area contributed by atoms with Gasteiger partial charge in [-0.05, 0) is 39.0 Å². The standard InChI is InChI=1S/C18H25F3N4O2/c1-11-8-15(18(19,20)21)25-16(22-11)10-13(23-25)14-5-2-6-24(14)17(26)9-12-4-3-7-27-12/h10-12,14-15,22H,2-9H2,1H3/t11-,12-,14+,15-/m1/s1. The van der Waals surface area contributed by atoms with Crippen molar-refractivity contribution in [2.75, 3.05) is 18.5 Å². The van der Waals surface area contributed by atoms with Crippen LogP contribution in [0.2, 0.25) is 0 Å². The van der Waals surface area contributed by atoms with E-state index >= 15 is 0 Å². The third kappa shape index (κ3) is 3.66. The molecule has 0 unspecified atom stereocenters. The molecule has 0 radical (unpaired) electrons. The maximum atomic E-state index is 13.4. The van der Waals surface area contributed by atoms with Crippen molar-refractivity contribution in [1.29, 1.82) is 0 Å². The second-order valence-corrected chi connectivity index (χ2v) is 7.82. The second-order valence-electron chi connectivity index (χ2n) is 7.82. The Morgan fingerprint density at radius 2 is 2.19 bits per heavy atom. The molecule has 1 aromatic heterocycles. The SMILES string of the molecule is C[C@@H]1C[C@H](C(F)(F)F)n2nc([C@@H]3CCCN3C(=O)C[C@H]3CCCO3)cc2N1. The summed E-state index contributed by atoms with van der Waals surface area (Å²) in [5, 5.41) is 7.37. The predicted octanol–water partition coefficient (Wildman–Crippen LogP) is 3.42. The van der Waals surface area contributed by atoms with Crippen LogP contribution in [0.25, 0.3) is 0 Å². The number of carbonyl (C=O) groups is 1. The molecule has 4 rings (SSSR count). The van der Waals surface area contributed by atoms with Gasteiger partial charge in [0.1, 0.15) is 5.82 Å². The smallest absolute Gasteiger partial charge is 0.378 e. The summed E-state index contributed by atoms with van der Waals surface area (Å²) in [4.78, 5) is 14.5. The van der Waals surface area contributed by atoms with Crippen molar-refractivity contribution in [1.82, 2.24) is 14.7 Å². The van der Waals surface area contributed by atoms with Crippen LogP contribution in [0.5, 0.6) is 0 Å². The molecule has 2 saturated heterocycles. The van der Waals surface area contributed by atoms with E-state index in [1.165, 1.54) is 0 Å². The average molecular weight is 386 g/mol. The molecule has 4 atom stereocenters. The Hall–Kier alpha value is -1.77. The van der Waals surface area contributed by atoms with E-state index in [4.69, 9.17) is 4.74 Å². The fraction of sp³-hybridized carbons (Fsp3) is 0.778. The molecule has 0 aromatic carbocycles. The molecule has 3 aliphatic rings. The number of anilines is 1. The van der Waals surface area contributed by atoms with Crippen molar-refractivity contribution in [3.63, 3.8) is 0 Å². The summed E-state index contributed by atoms with van der Waals surface area (Å²) in [5.41, 5.74) is 0.541. The van der Waals surface area contributed by atoms with Gasteiger partial charge < -0.3 is 15.0 Å². The number of nitrogens with zero attached hydrogens (tertiary/aromatic N) is 3. The Kier molecular flexibility index (Phi) is 4.82. The Balaban J connectivity index is 1.55. The van der Waals surface area contributed by atoms with Crippen LogP contribution in [-0.4, -0.2) is 52.1 Å². The molecule has 9 heteroatoms. The number of nitrogens with one attached hydrogen (secondary N) is 1. The molecule has 0 saturated carbocycles. The minimum absolute atomic E-state index is 0.00377. The Morgan fingerprint density at radius 1 is 1.37 bits per heavy atom. The van der Waals surface area contributed by atoms with Crippen LogP contribution in [0.1, 0.15) is 63.2 Å². The predicted molar refractivity (Wildman–Crippen MR) is 92.3 cm³/mol. The average Bonchev–Trinajstić information content (AvgIpc) is 3.32. The van der Waals surface area contributed by atoms with E-state index in [0.29, 0.717) is 31.1 Å². The van der Waals surface area contributed by atoms with Gasteiger partial charge in [-0.25, -0.2) is 4.68 Å². The van der Waals surface area contributed by atoms with E-state index in [9.17, 15) is 18.0 Å². The normalized spacial score (nSPS) is 31.0. The van der Waals surface area contributed by atoms with Gasteiger partial charge in [0.25, 0.3) is 0 Å². The van der Waals surface area contributed by atoms with Gasteiger partial charge in [-0.1, -0.05) is 0 Å². The van der Waals surface area contributed by atoms with E-state index in [1.54, 1.807) is 17.9 Å². The third-order valence-corrected chi connectivity index (χ3v) is 5.74. The summed E-state index contributed by atoms with van der Waals surface area (Å²) >= 11 is 0. The molecule has 2 fully saturated rings. The maximum Gasteiger partial charge on any atom is 0.410 e. The molecule has 0 bridgehead atoms. The molecule has 1 aromatic rings. The van der Waals surface area contributed by atoms with Gasteiger partial charge >= 0.3 is 6.18 Å². The van der Waals surface area contributed by atoms with Crippen molar-refractivity contribution in [2.24, 2.45) is 0 Å². The lowest BCUT2D eigenvalue weighted by Crippen LogP contribution is -2.38. The molecule has 1 N–H and O–H groups in total. The number of amides is 1. The van der Waals surface area contributed by atoms with Gasteiger partial charge in [0.15, 0.2) is 6.04 Å². The highest BCUT2D eigenvalue weighted by molar-refractivity contribution is 5.77. The van der Waals surface area contributed by atoms with Crippen LogP contribution in [-0.2, 0) is 9.53 Å². The number of hydrogen-bond donors (Lipinski definition) is 1. The Morgan fingerprint density at radius 3 is 2.89 bits per heavy atom. The minimum Gasteiger partial charge on any atom is -0.378 e. The van der Waals surface area contributed by atoms with E-state index in [2.05, 4.69) is 10.4 Å². The van der Waals surface area contributed by atoms with Crippen LogP contribution >= 0.6 is 0 Å². The number of ether oxygens (including phenoxy) is 1. The Labute approximate surface area is 156 Å². The van der Waals surface area contributed by atoms with Crippen LogP contribution in [0, 0.1) is 0 Å². The summed E-state index contributed by atoms with van der Waals surface area (Å²) in [5.74, 6) is 0.383. The zero-order chi connectivity index (χ0) is 19.2. The molecule has 27 heavy (non-hydrogen) atoms. The van der Waals surface area contributed by atoms with Crippen LogP contribution in [0.15, 0.2) is 6.07 Å². The van der Waals surface area contributed by atoms with E-state index < -0.39 is 12.2 Å². The molecule has 0 spiro atoms. The first-order valence-corrected chi connectivity index (χ1v) is 9.66. The van der Waals surface area contributed by atoms with Crippen molar-refractivity contribution < 1.29 is 22.7 Å². The van der Waals surface area contributed by atoms with E-state index in [-0.39, 0.29) is 30.5 Å². The molecule has 4 heterocycles. The van der Waals surface area contributed by atoms with Crippen molar-refractivity contribution in [2.45, 2.75) is 75.9 Å². The zero-order valence-electron chi connectivity index (χ0n) is 15.3. The highest BCUT2D eigenvalue weighted by Gasteiger charge is 2.46. The first-order chi connectivity index (χ1) is 12.8. The molecule has 6 nitrogen and oxygen atoms in total. The molecule has 0 aliphatic carbocycles. The zero-order valence-corrected chi connectivity index (χ0v) is 15.3. The first kappa shape index (κ1) is 18.6. The van der Waals surface area contributed by atoms with E-state index in [0.717, 1.165) is 30.4 Å². The summed E-state index contributed by atoms with van der Waals surface area (Å²) in [6.07, 6.45) is -0.688. The number of rotatable bonds is 3. The van der Waals surface area contributed by atoms with Gasteiger partial charge in [-0.3, -0.25) is 4.79 Å². The fourth-order valence-corrected chi connectivity index (χ4v) is 4.43. The van der Waals surface area contributed by atoms with Gasteiger partial charge in [-0.15, -0.1) is 0 Å². The number of aromatic nitrogens is 2. The highest BCUT2D eigenvalue weighted by Crippen LogP contribution is 2.41. The lowest BCUT2D eigenvalue weighted by molar-refractivity contribution is -0.173. The molecular formula is C18H25F3N4O2. The van der Waals surface area contributed by atoms with Crippen LogP contribution < -0.4 is 5.32 Å². The fourth-order valence-electron chi connectivity index (χ4n) is 4.43. The lowest BCUT2D eigenvalue weighted by atomic mass is 10.1. The number of carbonyl (C=O) groups excluding carboxylic acids is 1. The van der Waals surface area contributed by atoms with Gasteiger partial charge in [-0.2, -0.15) is 18.3 Å². The lowest BCUT2D eigenvalue weighted by Gasteiger charge is -2.31. The Bertz CT molecular complexity index is 699.